The zero-order chi connectivity index (χ0) is 14.4. The summed E-state index contributed by atoms with van der Waals surface area (Å²) < 4.78 is 0. The van der Waals surface area contributed by atoms with Crippen LogP contribution in [-0.4, -0.2) is 35.1 Å². The molecule has 1 aliphatic rings. The Morgan fingerprint density at radius 2 is 2.35 bits per heavy atom. The van der Waals surface area contributed by atoms with Gasteiger partial charge >= 0.3 is 5.97 Å². The Morgan fingerprint density at radius 1 is 1.50 bits per heavy atom. The van der Waals surface area contributed by atoms with Gasteiger partial charge in [-0.1, -0.05) is 0 Å². The number of hydrogen-bond acceptors (Lipinski definition) is 4. The van der Waals surface area contributed by atoms with E-state index >= 15 is 0 Å². The zero-order valence-corrected chi connectivity index (χ0v) is 11.3. The van der Waals surface area contributed by atoms with Crippen LogP contribution in [0.4, 0.5) is 0 Å². The number of rotatable bonds is 6. The molecule has 1 aromatic rings. The second-order valence-corrected chi connectivity index (χ2v) is 5.02. The first-order valence-corrected chi connectivity index (χ1v) is 6.81. The highest BCUT2D eigenvalue weighted by molar-refractivity contribution is 5.87. The van der Waals surface area contributed by atoms with Crippen LogP contribution in [0, 0.1) is 5.92 Å². The number of aromatic carboxylic acids is 1. The van der Waals surface area contributed by atoms with E-state index < -0.39 is 5.97 Å². The third-order valence-corrected chi connectivity index (χ3v) is 3.47. The minimum absolute atomic E-state index is 0.0144. The summed E-state index contributed by atoms with van der Waals surface area (Å²) in [5, 5.41) is 14.9. The topological polar surface area (TPSA) is 91.3 Å². The molecule has 0 saturated carbocycles. The first-order valence-electron chi connectivity index (χ1n) is 6.81. The van der Waals surface area contributed by atoms with Gasteiger partial charge < -0.3 is 15.7 Å². The third kappa shape index (κ3) is 4.31. The molecule has 0 bridgehead atoms. The summed E-state index contributed by atoms with van der Waals surface area (Å²) in [5.41, 5.74) is 0.738. The summed E-state index contributed by atoms with van der Waals surface area (Å²) in [5.74, 6) is -0.414. The molecule has 1 aliphatic heterocycles. The molecule has 1 saturated heterocycles. The summed E-state index contributed by atoms with van der Waals surface area (Å²) in [7, 11) is 0. The molecule has 1 atom stereocenters. The number of nitrogens with one attached hydrogen (secondary N) is 2. The lowest BCUT2D eigenvalue weighted by Gasteiger charge is -2.08. The largest absolute Gasteiger partial charge is 0.478 e. The molecule has 1 unspecified atom stereocenters. The van der Waals surface area contributed by atoms with E-state index in [0.29, 0.717) is 18.0 Å². The van der Waals surface area contributed by atoms with E-state index in [-0.39, 0.29) is 18.0 Å². The lowest BCUT2D eigenvalue weighted by atomic mass is 10.0. The van der Waals surface area contributed by atoms with Gasteiger partial charge in [0.1, 0.15) is 0 Å². The van der Waals surface area contributed by atoms with Crippen molar-refractivity contribution in [1.82, 2.24) is 15.6 Å². The fourth-order valence-electron chi connectivity index (χ4n) is 2.28. The Labute approximate surface area is 117 Å². The normalized spacial score (nSPS) is 17.9. The van der Waals surface area contributed by atoms with Crippen LogP contribution in [0.2, 0.25) is 0 Å². The summed E-state index contributed by atoms with van der Waals surface area (Å²) >= 11 is 0. The smallest absolute Gasteiger partial charge is 0.335 e. The van der Waals surface area contributed by atoms with Gasteiger partial charge in [-0.05, 0) is 44.0 Å². The molecule has 6 heteroatoms. The molecule has 0 spiro atoms. The molecular weight excluding hydrogens is 258 g/mol. The van der Waals surface area contributed by atoms with Gasteiger partial charge in [0.05, 0.1) is 17.8 Å². The highest BCUT2D eigenvalue weighted by Crippen LogP contribution is 2.14. The molecule has 1 fully saturated rings. The van der Waals surface area contributed by atoms with Gasteiger partial charge in [0.15, 0.2) is 0 Å². The molecule has 20 heavy (non-hydrogen) atoms. The first-order chi connectivity index (χ1) is 9.65. The maximum Gasteiger partial charge on any atom is 0.335 e. The minimum atomic E-state index is -0.992. The van der Waals surface area contributed by atoms with Crippen LogP contribution in [0.15, 0.2) is 18.3 Å². The van der Waals surface area contributed by atoms with Crippen LogP contribution < -0.4 is 10.6 Å². The van der Waals surface area contributed by atoms with E-state index in [4.69, 9.17) is 5.11 Å². The number of carbonyl (C=O) groups excluding carboxylic acids is 1. The number of carboxylic acids is 1. The minimum Gasteiger partial charge on any atom is -0.478 e. The number of pyridine rings is 1. The van der Waals surface area contributed by atoms with Crippen molar-refractivity contribution in [3.63, 3.8) is 0 Å². The summed E-state index contributed by atoms with van der Waals surface area (Å²) in [6.07, 6.45) is 3.97. The van der Waals surface area contributed by atoms with Crippen LogP contribution in [0.5, 0.6) is 0 Å². The molecule has 2 rings (SSSR count). The van der Waals surface area contributed by atoms with E-state index in [9.17, 15) is 9.59 Å². The summed E-state index contributed by atoms with van der Waals surface area (Å²) in [4.78, 5) is 26.6. The second kappa shape index (κ2) is 7.00. The molecular formula is C14H19N3O3. The predicted octanol–water partition coefficient (Wildman–Crippen LogP) is 0.786. The Kier molecular flexibility index (Phi) is 5.06. The Hall–Kier alpha value is -1.95. The number of amides is 1. The van der Waals surface area contributed by atoms with Crippen molar-refractivity contribution in [1.29, 1.82) is 0 Å². The van der Waals surface area contributed by atoms with Crippen molar-refractivity contribution in [2.75, 3.05) is 13.1 Å². The van der Waals surface area contributed by atoms with E-state index in [0.717, 1.165) is 25.9 Å². The quantitative estimate of drug-likeness (QED) is 0.715. The monoisotopic (exact) mass is 277 g/mol. The van der Waals surface area contributed by atoms with Crippen LogP contribution >= 0.6 is 0 Å². The van der Waals surface area contributed by atoms with Crippen molar-refractivity contribution in [3.05, 3.63) is 29.6 Å². The molecule has 108 valence electrons. The van der Waals surface area contributed by atoms with Crippen LogP contribution in [0.1, 0.15) is 35.3 Å². The maximum absolute atomic E-state index is 11.7. The van der Waals surface area contributed by atoms with Gasteiger partial charge in [0.25, 0.3) is 0 Å². The molecule has 2 heterocycles. The Morgan fingerprint density at radius 3 is 3.05 bits per heavy atom. The average Bonchev–Trinajstić information content (AvgIpc) is 2.96. The van der Waals surface area contributed by atoms with E-state index in [1.165, 1.54) is 18.3 Å². The molecule has 1 amide bonds. The van der Waals surface area contributed by atoms with Gasteiger partial charge in [-0.25, -0.2) is 4.79 Å². The fraction of sp³-hybridized carbons (Fsp3) is 0.500. The first kappa shape index (κ1) is 14.5. The maximum atomic E-state index is 11.7. The SMILES string of the molecule is O=C(CCC1CCNC1)NCc1cc(C(=O)O)ccn1. The molecule has 1 aromatic heterocycles. The number of hydrogen-bond donors (Lipinski definition) is 3. The van der Waals surface area contributed by atoms with Crippen LogP contribution in [0.25, 0.3) is 0 Å². The lowest BCUT2D eigenvalue weighted by molar-refractivity contribution is -0.121. The zero-order valence-electron chi connectivity index (χ0n) is 11.3. The van der Waals surface area contributed by atoms with Crippen LogP contribution in [-0.2, 0) is 11.3 Å². The number of carbonyl (C=O) groups is 2. The Bertz CT molecular complexity index is 484. The number of carboxylic acid groups (broad SMARTS) is 1. The lowest BCUT2D eigenvalue weighted by Crippen LogP contribution is -2.24. The fourth-order valence-corrected chi connectivity index (χ4v) is 2.28. The van der Waals surface area contributed by atoms with Gasteiger partial charge in [-0.3, -0.25) is 9.78 Å². The highest BCUT2D eigenvalue weighted by Gasteiger charge is 2.15. The van der Waals surface area contributed by atoms with Gasteiger partial charge in [-0.2, -0.15) is 0 Å². The summed E-state index contributed by atoms with van der Waals surface area (Å²) in [6.45, 7) is 2.30. The summed E-state index contributed by atoms with van der Waals surface area (Å²) in [6, 6.07) is 2.91. The van der Waals surface area contributed by atoms with Gasteiger partial charge in [-0.15, -0.1) is 0 Å². The van der Waals surface area contributed by atoms with E-state index in [1.54, 1.807) is 0 Å². The second-order valence-electron chi connectivity index (χ2n) is 5.02. The van der Waals surface area contributed by atoms with Crippen molar-refractivity contribution < 1.29 is 14.7 Å². The van der Waals surface area contributed by atoms with Crippen LogP contribution in [0.3, 0.4) is 0 Å². The van der Waals surface area contributed by atoms with Crippen molar-refractivity contribution in [3.8, 4) is 0 Å². The highest BCUT2D eigenvalue weighted by atomic mass is 16.4. The molecule has 3 N–H and O–H groups in total. The van der Waals surface area contributed by atoms with Crippen molar-refractivity contribution in [2.24, 2.45) is 5.92 Å². The predicted molar refractivity (Wildman–Crippen MR) is 73.3 cm³/mol. The van der Waals surface area contributed by atoms with Gasteiger partial charge in [0, 0.05) is 12.6 Å². The molecule has 0 aromatic carbocycles. The standard InChI is InChI=1S/C14H19N3O3/c18-13(2-1-10-3-5-15-8-10)17-9-12-7-11(14(19)20)4-6-16-12/h4,6-7,10,15H,1-3,5,8-9H2,(H,17,18)(H,19,20). The van der Waals surface area contributed by atoms with Crippen molar-refractivity contribution in [2.45, 2.75) is 25.8 Å². The average molecular weight is 277 g/mol. The third-order valence-electron chi connectivity index (χ3n) is 3.47. The number of aromatic nitrogens is 1. The number of nitrogens with zero attached hydrogens (tertiary/aromatic N) is 1. The van der Waals surface area contributed by atoms with E-state index in [1.807, 2.05) is 0 Å². The molecule has 6 nitrogen and oxygen atoms in total. The molecule has 0 radical (unpaired) electrons. The Balaban J connectivity index is 1.75. The van der Waals surface area contributed by atoms with Gasteiger partial charge in [0.2, 0.25) is 5.91 Å². The van der Waals surface area contributed by atoms with Crippen molar-refractivity contribution >= 4 is 11.9 Å². The molecule has 0 aliphatic carbocycles. The van der Waals surface area contributed by atoms with E-state index in [2.05, 4.69) is 15.6 Å².